The molecular formula is C27H29NO7. The van der Waals surface area contributed by atoms with Crippen LogP contribution in [0.4, 0.5) is 0 Å². The van der Waals surface area contributed by atoms with Crippen LogP contribution in [0.15, 0.2) is 75.2 Å². The Morgan fingerprint density at radius 1 is 1.09 bits per heavy atom. The Kier molecular flexibility index (Phi) is 7.29. The lowest BCUT2D eigenvalue weighted by Gasteiger charge is -2.26. The maximum absolute atomic E-state index is 13.3. The maximum atomic E-state index is 13.3. The maximum Gasteiger partial charge on any atom is 0.290 e. The van der Waals surface area contributed by atoms with Crippen LogP contribution in [0.3, 0.4) is 0 Å². The minimum absolute atomic E-state index is 0.0304. The third kappa shape index (κ3) is 5.11. The fraction of sp³-hybridized carbons (Fsp3) is 0.333. The predicted octanol–water partition coefficient (Wildman–Crippen LogP) is 5.47. The molecule has 1 amide bonds. The van der Waals surface area contributed by atoms with Crippen LogP contribution < -0.4 is 9.47 Å². The molecule has 1 N–H and O–H groups in total. The van der Waals surface area contributed by atoms with Crippen molar-refractivity contribution in [3.05, 3.63) is 83.4 Å². The molecule has 0 aliphatic carbocycles. The number of carbonyl (C=O) groups is 2. The van der Waals surface area contributed by atoms with Crippen LogP contribution in [0.25, 0.3) is 0 Å². The molecule has 184 valence electrons. The molecule has 1 unspecified atom stereocenters. The molecule has 35 heavy (non-hydrogen) atoms. The van der Waals surface area contributed by atoms with Gasteiger partial charge in [0.15, 0.2) is 23.0 Å². The first-order valence-electron chi connectivity index (χ1n) is 11.6. The fourth-order valence-electron chi connectivity index (χ4n) is 3.99. The first-order chi connectivity index (χ1) is 16.9. The number of aliphatic hydroxyl groups excluding tert-OH is 1. The minimum atomic E-state index is -0.880. The second-order valence-electron chi connectivity index (χ2n) is 8.65. The van der Waals surface area contributed by atoms with Crippen molar-refractivity contribution in [2.75, 3.05) is 13.2 Å². The molecule has 1 atom stereocenters. The number of aliphatic hydroxyl groups is 1. The second kappa shape index (κ2) is 10.5. The highest BCUT2D eigenvalue weighted by molar-refractivity contribution is 6.15. The van der Waals surface area contributed by atoms with Gasteiger partial charge in [-0.25, -0.2) is 0 Å². The van der Waals surface area contributed by atoms with Crippen molar-refractivity contribution >= 4 is 11.7 Å². The Hall–Kier alpha value is -3.94. The summed E-state index contributed by atoms with van der Waals surface area (Å²) in [6.07, 6.45) is 3.76. The Bertz CT molecular complexity index is 1190. The summed E-state index contributed by atoms with van der Waals surface area (Å²) < 4.78 is 22.5. The van der Waals surface area contributed by atoms with Gasteiger partial charge in [0.05, 0.1) is 43.9 Å². The molecule has 0 saturated carbocycles. The predicted molar refractivity (Wildman–Crippen MR) is 127 cm³/mol. The normalized spacial score (nSPS) is 15.8. The minimum Gasteiger partial charge on any atom is -0.503 e. The van der Waals surface area contributed by atoms with Crippen molar-refractivity contribution < 1.29 is 33.0 Å². The van der Waals surface area contributed by atoms with E-state index in [9.17, 15) is 14.7 Å². The zero-order valence-corrected chi connectivity index (χ0v) is 20.0. The lowest BCUT2D eigenvalue weighted by molar-refractivity contribution is -0.130. The van der Waals surface area contributed by atoms with Crippen molar-refractivity contribution in [1.82, 2.24) is 4.90 Å². The molecular weight excluding hydrogens is 450 g/mol. The van der Waals surface area contributed by atoms with Gasteiger partial charge in [-0.2, -0.15) is 0 Å². The Morgan fingerprint density at radius 3 is 2.51 bits per heavy atom. The average Bonchev–Trinajstić information content (AvgIpc) is 3.59. The summed E-state index contributed by atoms with van der Waals surface area (Å²) in [4.78, 5) is 27.8. The highest BCUT2D eigenvalue weighted by Crippen LogP contribution is 2.42. The van der Waals surface area contributed by atoms with Gasteiger partial charge in [-0.1, -0.05) is 19.9 Å². The third-order valence-electron chi connectivity index (χ3n) is 5.74. The molecule has 8 nitrogen and oxygen atoms in total. The first kappa shape index (κ1) is 24.2. The van der Waals surface area contributed by atoms with E-state index in [-0.39, 0.29) is 17.9 Å². The average molecular weight is 480 g/mol. The summed E-state index contributed by atoms with van der Waals surface area (Å²) in [6, 6.07) is 10.9. The summed E-state index contributed by atoms with van der Waals surface area (Å²) in [6.45, 7) is 7.11. The molecule has 2 aromatic heterocycles. The Morgan fingerprint density at radius 2 is 1.86 bits per heavy atom. The zero-order valence-electron chi connectivity index (χ0n) is 20.0. The monoisotopic (exact) mass is 479 g/mol. The lowest BCUT2D eigenvalue weighted by atomic mass is 9.94. The van der Waals surface area contributed by atoms with Crippen molar-refractivity contribution in [1.29, 1.82) is 0 Å². The lowest BCUT2D eigenvalue weighted by Crippen LogP contribution is -2.30. The summed E-state index contributed by atoms with van der Waals surface area (Å²) in [5.41, 5.74) is 0.524. The van der Waals surface area contributed by atoms with Gasteiger partial charge in [0.2, 0.25) is 5.78 Å². The van der Waals surface area contributed by atoms with Crippen molar-refractivity contribution in [2.24, 2.45) is 5.92 Å². The topological polar surface area (TPSA) is 102 Å². The van der Waals surface area contributed by atoms with Crippen LogP contribution in [0, 0.1) is 5.92 Å². The highest BCUT2D eigenvalue weighted by atomic mass is 16.5. The SMILES string of the molecule is CCOc1cc(C2C(C(=O)c3ccco3)=C(O)C(=O)N2Cc2ccco2)ccc1OCCC(C)C. The standard InChI is InChI=1S/C27H29NO7/c1-4-32-22-15-18(9-10-20(22)35-14-11-17(2)3)24-23(25(29)21-8-6-13-34-21)26(30)27(31)28(24)16-19-7-5-12-33-19/h5-10,12-13,15,17,24,30H,4,11,14,16H2,1-3H3. The van der Waals surface area contributed by atoms with Crippen LogP contribution in [-0.4, -0.2) is 34.9 Å². The van der Waals surface area contributed by atoms with Crippen LogP contribution in [0.5, 0.6) is 11.5 Å². The van der Waals surface area contributed by atoms with Crippen molar-refractivity contribution in [3.63, 3.8) is 0 Å². The number of hydrogen-bond acceptors (Lipinski definition) is 7. The number of nitrogens with zero attached hydrogens (tertiary/aromatic N) is 1. The molecule has 0 saturated heterocycles. The van der Waals surface area contributed by atoms with E-state index in [0.717, 1.165) is 6.42 Å². The molecule has 8 heteroatoms. The van der Waals surface area contributed by atoms with E-state index in [1.54, 1.807) is 36.4 Å². The number of rotatable bonds is 11. The zero-order chi connectivity index (χ0) is 24.9. The molecule has 1 aliphatic heterocycles. The molecule has 0 fully saturated rings. The van der Waals surface area contributed by atoms with Gasteiger partial charge in [-0.15, -0.1) is 0 Å². The molecule has 1 aromatic carbocycles. The van der Waals surface area contributed by atoms with E-state index in [4.69, 9.17) is 18.3 Å². The summed E-state index contributed by atoms with van der Waals surface area (Å²) in [5, 5.41) is 10.8. The molecule has 3 aromatic rings. The highest BCUT2D eigenvalue weighted by Gasteiger charge is 2.45. The van der Waals surface area contributed by atoms with E-state index in [1.807, 2.05) is 6.92 Å². The smallest absolute Gasteiger partial charge is 0.290 e. The summed E-state index contributed by atoms with van der Waals surface area (Å²) in [7, 11) is 0. The van der Waals surface area contributed by atoms with Crippen molar-refractivity contribution in [3.8, 4) is 11.5 Å². The third-order valence-corrected chi connectivity index (χ3v) is 5.74. The van der Waals surface area contributed by atoms with E-state index in [1.165, 1.54) is 23.5 Å². The fourth-order valence-corrected chi connectivity index (χ4v) is 3.99. The van der Waals surface area contributed by atoms with Gasteiger partial charge in [0, 0.05) is 0 Å². The molecule has 0 bridgehead atoms. The van der Waals surface area contributed by atoms with Crippen LogP contribution in [0.2, 0.25) is 0 Å². The quantitative estimate of drug-likeness (QED) is 0.364. The molecule has 4 rings (SSSR count). The number of benzene rings is 1. The molecule has 1 aliphatic rings. The van der Waals surface area contributed by atoms with Crippen molar-refractivity contribution in [2.45, 2.75) is 39.8 Å². The number of Topliss-reactive ketones (excluding diaryl/α,β-unsaturated/α-hetero) is 1. The van der Waals surface area contributed by atoms with Gasteiger partial charge < -0.3 is 28.3 Å². The van der Waals surface area contributed by atoms with Gasteiger partial charge in [-0.05, 0) is 61.2 Å². The summed E-state index contributed by atoms with van der Waals surface area (Å²) in [5.74, 6) is 0.260. The Labute approximate surface area is 203 Å². The van der Waals surface area contributed by atoms with E-state index in [2.05, 4.69) is 13.8 Å². The number of ether oxygens (including phenoxy) is 2. The number of carbonyl (C=O) groups excluding carboxylic acids is 2. The molecule has 0 spiro atoms. The van der Waals surface area contributed by atoms with Crippen LogP contribution in [0.1, 0.15) is 55.1 Å². The molecule has 0 radical (unpaired) electrons. The van der Waals surface area contributed by atoms with E-state index in [0.29, 0.717) is 42.0 Å². The number of hydrogen-bond donors (Lipinski definition) is 1. The first-order valence-corrected chi connectivity index (χ1v) is 11.6. The number of ketones is 1. The van der Waals surface area contributed by atoms with E-state index >= 15 is 0 Å². The Balaban J connectivity index is 1.74. The van der Waals surface area contributed by atoms with Gasteiger partial charge in [0.25, 0.3) is 5.91 Å². The number of amides is 1. The number of furan rings is 2. The van der Waals surface area contributed by atoms with E-state index < -0.39 is 23.5 Å². The van der Waals surface area contributed by atoms with Crippen LogP contribution in [-0.2, 0) is 11.3 Å². The summed E-state index contributed by atoms with van der Waals surface area (Å²) >= 11 is 0. The van der Waals surface area contributed by atoms with Gasteiger partial charge in [-0.3, -0.25) is 9.59 Å². The van der Waals surface area contributed by atoms with Gasteiger partial charge in [0.1, 0.15) is 5.76 Å². The molecule has 3 heterocycles. The van der Waals surface area contributed by atoms with Crippen LogP contribution >= 0.6 is 0 Å². The van der Waals surface area contributed by atoms with Gasteiger partial charge >= 0.3 is 0 Å². The largest absolute Gasteiger partial charge is 0.503 e. The second-order valence-corrected chi connectivity index (χ2v) is 8.65.